The lowest BCUT2D eigenvalue weighted by Gasteiger charge is -2.27. The van der Waals surface area contributed by atoms with Crippen LogP contribution >= 0.6 is 11.3 Å². The van der Waals surface area contributed by atoms with Crippen LogP contribution in [0.2, 0.25) is 0 Å². The fourth-order valence-electron chi connectivity index (χ4n) is 2.57. The number of hydrogen-bond acceptors (Lipinski definition) is 6. The summed E-state index contributed by atoms with van der Waals surface area (Å²) in [5.41, 5.74) is 7.37. The molecule has 1 atom stereocenters. The Hall–Kier alpha value is -1.24. The number of likely N-dealkylation sites (tertiary alicyclic amines) is 1. The van der Waals surface area contributed by atoms with Crippen LogP contribution in [-0.2, 0) is 0 Å². The zero-order valence-corrected chi connectivity index (χ0v) is 12.5. The Morgan fingerprint density at radius 2 is 2.20 bits per heavy atom. The van der Waals surface area contributed by atoms with E-state index in [1.165, 1.54) is 19.3 Å². The van der Waals surface area contributed by atoms with E-state index < -0.39 is 0 Å². The predicted octanol–water partition coefficient (Wildman–Crippen LogP) is 2.59. The topological polar surface area (TPSA) is 68.2 Å². The van der Waals surface area contributed by atoms with E-state index in [1.54, 1.807) is 11.3 Å². The zero-order chi connectivity index (χ0) is 13.9. The van der Waals surface area contributed by atoms with Gasteiger partial charge in [-0.05, 0) is 49.9 Å². The molecule has 0 radical (unpaired) electrons. The van der Waals surface area contributed by atoms with Crippen molar-refractivity contribution in [3.8, 4) is 10.8 Å². The number of hydrogen-bond donors (Lipinski definition) is 1. The molecule has 3 rings (SSSR count). The van der Waals surface area contributed by atoms with Gasteiger partial charge in [-0.2, -0.15) is 4.98 Å². The maximum Gasteiger partial charge on any atom is 0.268 e. The van der Waals surface area contributed by atoms with Gasteiger partial charge < -0.3 is 15.2 Å². The first-order chi connectivity index (χ1) is 9.74. The van der Waals surface area contributed by atoms with Gasteiger partial charge in [-0.3, -0.25) is 0 Å². The number of nitrogens with zero attached hydrogens (tertiary/aromatic N) is 3. The van der Waals surface area contributed by atoms with E-state index in [4.69, 9.17) is 10.3 Å². The normalized spacial score (nSPS) is 18.3. The summed E-state index contributed by atoms with van der Waals surface area (Å²) in [5, 5.41) is 6.08. The molecule has 2 aromatic rings. The SMILES string of the molecule is Cc1ccsc1-c1nc(C(N)CN2CCCCC2)no1. The minimum absolute atomic E-state index is 0.175. The molecule has 1 aliphatic heterocycles. The molecule has 0 aromatic carbocycles. The Morgan fingerprint density at radius 3 is 2.90 bits per heavy atom. The molecule has 6 heteroatoms. The maximum absolute atomic E-state index is 6.21. The number of piperidine rings is 1. The van der Waals surface area contributed by atoms with Crippen molar-refractivity contribution in [2.24, 2.45) is 5.73 Å². The van der Waals surface area contributed by atoms with Crippen molar-refractivity contribution in [2.45, 2.75) is 32.2 Å². The van der Waals surface area contributed by atoms with Gasteiger partial charge in [0, 0.05) is 6.54 Å². The Balaban J connectivity index is 1.68. The standard InChI is InChI=1S/C14H20N4OS/c1-10-5-8-20-12(10)14-16-13(17-19-14)11(15)9-18-6-3-2-4-7-18/h5,8,11H,2-4,6-7,9,15H2,1H3. The molecule has 0 bridgehead atoms. The van der Waals surface area contributed by atoms with E-state index in [9.17, 15) is 0 Å². The number of nitrogens with two attached hydrogens (primary N) is 1. The largest absolute Gasteiger partial charge is 0.333 e. The number of thiophene rings is 1. The molecular formula is C14H20N4OS. The lowest BCUT2D eigenvalue weighted by atomic mass is 10.1. The van der Waals surface area contributed by atoms with Crippen molar-refractivity contribution in [1.82, 2.24) is 15.0 Å². The Labute approximate surface area is 122 Å². The van der Waals surface area contributed by atoms with Gasteiger partial charge in [0.1, 0.15) is 0 Å². The highest BCUT2D eigenvalue weighted by Crippen LogP contribution is 2.28. The highest BCUT2D eigenvalue weighted by Gasteiger charge is 2.20. The van der Waals surface area contributed by atoms with Gasteiger partial charge in [-0.25, -0.2) is 0 Å². The van der Waals surface area contributed by atoms with Crippen LogP contribution in [0.3, 0.4) is 0 Å². The molecule has 0 amide bonds. The van der Waals surface area contributed by atoms with Gasteiger partial charge in [0.2, 0.25) is 0 Å². The summed E-state index contributed by atoms with van der Waals surface area (Å²) in [7, 11) is 0. The van der Waals surface area contributed by atoms with Crippen LogP contribution in [0.15, 0.2) is 16.0 Å². The number of rotatable bonds is 4. The summed E-state index contributed by atoms with van der Waals surface area (Å²) in [6.07, 6.45) is 3.85. The first-order valence-corrected chi connectivity index (χ1v) is 7.98. The molecule has 1 saturated heterocycles. The van der Waals surface area contributed by atoms with Crippen molar-refractivity contribution in [1.29, 1.82) is 0 Å². The van der Waals surface area contributed by atoms with Crippen molar-refractivity contribution in [3.05, 3.63) is 22.8 Å². The van der Waals surface area contributed by atoms with Crippen LogP contribution < -0.4 is 5.73 Å². The lowest BCUT2D eigenvalue weighted by molar-refractivity contribution is 0.213. The Kier molecular flexibility index (Phi) is 4.14. The highest BCUT2D eigenvalue weighted by atomic mass is 32.1. The molecule has 0 spiro atoms. The number of aryl methyl sites for hydroxylation is 1. The third-order valence-corrected chi connectivity index (χ3v) is 4.74. The van der Waals surface area contributed by atoms with Gasteiger partial charge in [0.25, 0.3) is 5.89 Å². The second-order valence-corrected chi connectivity index (χ2v) is 6.27. The minimum atomic E-state index is -0.175. The first-order valence-electron chi connectivity index (χ1n) is 7.10. The zero-order valence-electron chi connectivity index (χ0n) is 11.7. The van der Waals surface area contributed by atoms with Gasteiger partial charge in [0.05, 0.1) is 10.9 Å². The molecule has 20 heavy (non-hydrogen) atoms. The van der Waals surface area contributed by atoms with E-state index in [0.29, 0.717) is 11.7 Å². The Morgan fingerprint density at radius 1 is 1.40 bits per heavy atom. The third-order valence-electron chi connectivity index (χ3n) is 3.73. The molecule has 2 N–H and O–H groups in total. The van der Waals surface area contributed by atoms with Gasteiger partial charge >= 0.3 is 0 Å². The van der Waals surface area contributed by atoms with Crippen LogP contribution in [0.1, 0.15) is 36.7 Å². The minimum Gasteiger partial charge on any atom is -0.333 e. The molecule has 5 nitrogen and oxygen atoms in total. The molecule has 108 valence electrons. The molecular weight excluding hydrogens is 272 g/mol. The van der Waals surface area contributed by atoms with E-state index in [0.717, 1.165) is 30.1 Å². The monoisotopic (exact) mass is 292 g/mol. The first kappa shape index (κ1) is 13.7. The fraction of sp³-hybridized carbons (Fsp3) is 0.571. The lowest BCUT2D eigenvalue weighted by Crippen LogP contribution is -2.36. The van der Waals surface area contributed by atoms with Crippen LogP contribution in [0, 0.1) is 6.92 Å². The third kappa shape index (κ3) is 2.92. The van der Waals surface area contributed by atoms with Crippen LogP contribution in [-0.4, -0.2) is 34.7 Å². The summed E-state index contributed by atoms with van der Waals surface area (Å²) in [5.74, 6) is 1.19. The summed E-state index contributed by atoms with van der Waals surface area (Å²) >= 11 is 1.62. The summed E-state index contributed by atoms with van der Waals surface area (Å²) in [6.45, 7) is 5.11. The summed E-state index contributed by atoms with van der Waals surface area (Å²) in [6, 6.07) is 1.88. The molecule has 1 aliphatic rings. The van der Waals surface area contributed by atoms with Gasteiger partial charge in [-0.15, -0.1) is 11.3 Å². The van der Waals surface area contributed by atoms with Crippen LogP contribution in [0.25, 0.3) is 10.8 Å². The average Bonchev–Trinajstić information content (AvgIpc) is 3.08. The smallest absolute Gasteiger partial charge is 0.268 e. The van der Waals surface area contributed by atoms with E-state index in [1.807, 2.05) is 12.3 Å². The Bertz CT molecular complexity index is 559. The van der Waals surface area contributed by atoms with Crippen molar-refractivity contribution < 1.29 is 4.52 Å². The predicted molar refractivity (Wildman–Crippen MR) is 79.6 cm³/mol. The van der Waals surface area contributed by atoms with Crippen molar-refractivity contribution in [2.75, 3.05) is 19.6 Å². The summed E-state index contributed by atoms with van der Waals surface area (Å²) in [4.78, 5) is 7.89. The average molecular weight is 292 g/mol. The molecule has 1 fully saturated rings. The second kappa shape index (κ2) is 6.03. The quantitative estimate of drug-likeness (QED) is 0.938. The molecule has 1 unspecified atom stereocenters. The number of aromatic nitrogens is 2. The van der Waals surface area contributed by atoms with Crippen LogP contribution in [0.5, 0.6) is 0 Å². The fourth-order valence-corrected chi connectivity index (χ4v) is 3.42. The van der Waals surface area contributed by atoms with Crippen molar-refractivity contribution in [3.63, 3.8) is 0 Å². The highest BCUT2D eigenvalue weighted by molar-refractivity contribution is 7.13. The summed E-state index contributed by atoms with van der Waals surface area (Å²) < 4.78 is 5.35. The van der Waals surface area contributed by atoms with Crippen molar-refractivity contribution >= 4 is 11.3 Å². The second-order valence-electron chi connectivity index (χ2n) is 5.36. The molecule has 0 aliphatic carbocycles. The molecule has 3 heterocycles. The molecule has 0 saturated carbocycles. The van der Waals surface area contributed by atoms with E-state index >= 15 is 0 Å². The van der Waals surface area contributed by atoms with Crippen LogP contribution in [0.4, 0.5) is 0 Å². The molecule has 2 aromatic heterocycles. The van der Waals surface area contributed by atoms with Gasteiger partial charge in [0.15, 0.2) is 5.82 Å². The van der Waals surface area contributed by atoms with Gasteiger partial charge in [-0.1, -0.05) is 11.6 Å². The van der Waals surface area contributed by atoms with E-state index in [2.05, 4.69) is 21.1 Å². The van der Waals surface area contributed by atoms with E-state index in [-0.39, 0.29) is 6.04 Å². The maximum atomic E-state index is 6.21.